The monoisotopic (exact) mass is 281 g/mol. The van der Waals surface area contributed by atoms with Crippen molar-refractivity contribution >= 4 is 23.2 Å². The van der Waals surface area contributed by atoms with Crippen LogP contribution in [-0.4, -0.2) is 0 Å². The minimum atomic E-state index is 0.390. The third-order valence-corrected chi connectivity index (χ3v) is 3.44. The van der Waals surface area contributed by atoms with Gasteiger partial charge in [-0.1, -0.05) is 47.5 Å². The molecule has 0 radical (unpaired) electrons. The second-order valence-electron chi connectivity index (χ2n) is 3.85. The van der Waals surface area contributed by atoms with Gasteiger partial charge in [0.15, 0.2) is 0 Å². The lowest BCUT2D eigenvalue weighted by Gasteiger charge is -2.09. The molecule has 0 aliphatic heterocycles. The van der Waals surface area contributed by atoms with Crippen molar-refractivity contribution in [2.45, 2.75) is 13.2 Å². The Labute approximate surface area is 116 Å². The Morgan fingerprint density at radius 3 is 2.39 bits per heavy atom. The number of rotatable bonds is 4. The molecule has 18 heavy (non-hydrogen) atoms. The van der Waals surface area contributed by atoms with Gasteiger partial charge in [0.25, 0.3) is 0 Å². The van der Waals surface area contributed by atoms with Gasteiger partial charge in [-0.05, 0) is 23.8 Å². The molecule has 4 heteroatoms. The molecule has 0 aliphatic carbocycles. The number of ether oxygens (including phenoxy) is 1. The van der Waals surface area contributed by atoms with E-state index in [9.17, 15) is 0 Å². The largest absolute Gasteiger partial charge is 0.489 e. The molecule has 0 atom stereocenters. The van der Waals surface area contributed by atoms with E-state index in [0.29, 0.717) is 23.2 Å². The topological polar surface area (TPSA) is 35.2 Å². The van der Waals surface area contributed by atoms with Crippen molar-refractivity contribution < 1.29 is 4.74 Å². The first-order chi connectivity index (χ1) is 8.70. The predicted octanol–water partition coefficient (Wildman–Crippen LogP) is 4.03. The Morgan fingerprint density at radius 2 is 1.72 bits per heavy atom. The summed E-state index contributed by atoms with van der Waals surface area (Å²) in [6.45, 7) is 0.918. The van der Waals surface area contributed by atoms with Crippen LogP contribution in [-0.2, 0) is 13.2 Å². The van der Waals surface area contributed by atoms with Crippen LogP contribution in [0.4, 0.5) is 0 Å². The molecule has 2 rings (SSSR count). The highest BCUT2D eigenvalue weighted by molar-refractivity contribution is 6.42. The van der Waals surface area contributed by atoms with Gasteiger partial charge in [0.1, 0.15) is 12.4 Å². The van der Waals surface area contributed by atoms with E-state index in [4.69, 9.17) is 33.7 Å². The third kappa shape index (κ3) is 3.16. The van der Waals surface area contributed by atoms with Gasteiger partial charge in [0.2, 0.25) is 0 Å². The van der Waals surface area contributed by atoms with Crippen LogP contribution in [0.2, 0.25) is 10.0 Å². The molecule has 0 saturated carbocycles. The molecule has 0 unspecified atom stereocenters. The first kappa shape index (κ1) is 13.2. The molecule has 0 fully saturated rings. The van der Waals surface area contributed by atoms with Crippen LogP contribution in [0.15, 0.2) is 42.5 Å². The van der Waals surface area contributed by atoms with E-state index in [1.54, 1.807) is 6.07 Å². The number of benzene rings is 2. The fourth-order valence-corrected chi connectivity index (χ4v) is 1.92. The molecule has 0 bridgehead atoms. The minimum absolute atomic E-state index is 0.390. The molecular formula is C14H13Cl2NO. The van der Waals surface area contributed by atoms with Gasteiger partial charge in [0, 0.05) is 12.1 Å². The summed E-state index contributed by atoms with van der Waals surface area (Å²) in [5.74, 6) is 0.781. The molecule has 0 aromatic heterocycles. The molecule has 0 spiro atoms. The van der Waals surface area contributed by atoms with Crippen molar-refractivity contribution in [2.75, 3.05) is 0 Å². The lowest BCUT2D eigenvalue weighted by molar-refractivity contribution is 0.306. The quantitative estimate of drug-likeness (QED) is 0.918. The van der Waals surface area contributed by atoms with Gasteiger partial charge < -0.3 is 10.5 Å². The van der Waals surface area contributed by atoms with E-state index in [-0.39, 0.29) is 0 Å². The molecule has 2 N–H and O–H groups in total. The summed E-state index contributed by atoms with van der Waals surface area (Å²) in [6.07, 6.45) is 0. The number of hydrogen-bond donors (Lipinski definition) is 1. The molecule has 94 valence electrons. The fraction of sp³-hybridized carbons (Fsp3) is 0.143. The van der Waals surface area contributed by atoms with E-state index in [0.717, 1.165) is 16.9 Å². The molecular weight excluding hydrogens is 269 g/mol. The average molecular weight is 282 g/mol. The van der Waals surface area contributed by atoms with Gasteiger partial charge in [-0.15, -0.1) is 0 Å². The summed E-state index contributed by atoms with van der Waals surface area (Å²) in [7, 11) is 0. The Bertz CT molecular complexity index is 526. The van der Waals surface area contributed by atoms with Crippen LogP contribution in [0.3, 0.4) is 0 Å². The maximum atomic E-state index is 6.08. The highest BCUT2D eigenvalue weighted by Gasteiger charge is 2.04. The van der Waals surface area contributed by atoms with Crippen molar-refractivity contribution in [1.29, 1.82) is 0 Å². The van der Waals surface area contributed by atoms with Crippen molar-refractivity contribution in [3.05, 3.63) is 63.6 Å². The zero-order valence-corrected chi connectivity index (χ0v) is 11.2. The highest BCUT2D eigenvalue weighted by Crippen LogP contribution is 2.26. The summed E-state index contributed by atoms with van der Waals surface area (Å²) in [6, 6.07) is 13.2. The second kappa shape index (κ2) is 6.10. The standard InChI is InChI=1S/C14H13Cl2NO/c15-13-3-1-2-11(14(13)16)9-18-12-6-4-10(8-17)5-7-12/h1-7H,8-9,17H2. The maximum absolute atomic E-state index is 6.08. The van der Waals surface area contributed by atoms with E-state index in [1.807, 2.05) is 36.4 Å². The van der Waals surface area contributed by atoms with Gasteiger partial charge in [0.05, 0.1) is 10.0 Å². The number of nitrogens with two attached hydrogens (primary N) is 1. The van der Waals surface area contributed by atoms with Crippen LogP contribution in [0.5, 0.6) is 5.75 Å². The van der Waals surface area contributed by atoms with Crippen molar-refractivity contribution in [2.24, 2.45) is 5.73 Å². The smallest absolute Gasteiger partial charge is 0.119 e. The predicted molar refractivity (Wildman–Crippen MR) is 75.1 cm³/mol. The molecule has 0 heterocycles. The lowest BCUT2D eigenvalue weighted by Crippen LogP contribution is -1.98. The van der Waals surface area contributed by atoms with Gasteiger partial charge in [-0.3, -0.25) is 0 Å². The van der Waals surface area contributed by atoms with Crippen molar-refractivity contribution in [1.82, 2.24) is 0 Å². The Morgan fingerprint density at radius 1 is 1.00 bits per heavy atom. The number of hydrogen-bond acceptors (Lipinski definition) is 2. The number of halogens is 2. The van der Waals surface area contributed by atoms with Gasteiger partial charge in [-0.25, -0.2) is 0 Å². The van der Waals surface area contributed by atoms with Crippen LogP contribution in [0, 0.1) is 0 Å². The Hall–Kier alpha value is -1.22. The fourth-order valence-electron chi connectivity index (χ4n) is 1.54. The Kier molecular flexibility index (Phi) is 4.48. The van der Waals surface area contributed by atoms with E-state index < -0.39 is 0 Å². The summed E-state index contributed by atoms with van der Waals surface area (Å²) in [5, 5.41) is 1.08. The zero-order valence-electron chi connectivity index (χ0n) is 9.70. The van der Waals surface area contributed by atoms with Crippen molar-refractivity contribution in [3.8, 4) is 5.75 Å². The minimum Gasteiger partial charge on any atom is -0.489 e. The average Bonchev–Trinajstić information content (AvgIpc) is 2.41. The van der Waals surface area contributed by atoms with Crippen LogP contribution < -0.4 is 10.5 Å². The van der Waals surface area contributed by atoms with Gasteiger partial charge >= 0.3 is 0 Å². The summed E-state index contributed by atoms with van der Waals surface area (Å²) < 4.78 is 5.64. The molecule has 0 aliphatic rings. The van der Waals surface area contributed by atoms with Crippen LogP contribution >= 0.6 is 23.2 Å². The third-order valence-electron chi connectivity index (χ3n) is 2.58. The van der Waals surface area contributed by atoms with E-state index >= 15 is 0 Å². The molecule has 2 aromatic rings. The summed E-state index contributed by atoms with van der Waals surface area (Å²) in [4.78, 5) is 0. The molecule has 2 nitrogen and oxygen atoms in total. The van der Waals surface area contributed by atoms with Crippen LogP contribution in [0.1, 0.15) is 11.1 Å². The Balaban J connectivity index is 2.04. The normalized spacial score (nSPS) is 10.4. The lowest BCUT2D eigenvalue weighted by atomic mass is 10.2. The molecule has 0 amide bonds. The van der Waals surface area contributed by atoms with E-state index in [1.165, 1.54) is 0 Å². The molecule has 2 aromatic carbocycles. The molecule has 0 saturated heterocycles. The van der Waals surface area contributed by atoms with Crippen molar-refractivity contribution in [3.63, 3.8) is 0 Å². The first-order valence-electron chi connectivity index (χ1n) is 5.55. The van der Waals surface area contributed by atoms with Gasteiger partial charge in [-0.2, -0.15) is 0 Å². The maximum Gasteiger partial charge on any atom is 0.119 e. The highest BCUT2D eigenvalue weighted by atomic mass is 35.5. The first-order valence-corrected chi connectivity index (χ1v) is 6.31. The van der Waals surface area contributed by atoms with Crippen LogP contribution in [0.25, 0.3) is 0 Å². The van der Waals surface area contributed by atoms with E-state index in [2.05, 4.69) is 0 Å². The SMILES string of the molecule is NCc1ccc(OCc2cccc(Cl)c2Cl)cc1. The summed E-state index contributed by atoms with van der Waals surface area (Å²) >= 11 is 12.0. The zero-order chi connectivity index (χ0) is 13.0. The second-order valence-corrected chi connectivity index (χ2v) is 4.63. The summed E-state index contributed by atoms with van der Waals surface area (Å²) in [5.41, 5.74) is 7.47.